The van der Waals surface area contributed by atoms with E-state index in [0.29, 0.717) is 11.5 Å². The predicted octanol–water partition coefficient (Wildman–Crippen LogP) is 1.56. The van der Waals surface area contributed by atoms with E-state index in [4.69, 9.17) is 21.0 Å². The molecule has 0 aliphatic carbocycles. The molecule has 0 aliphatic heterocycles. The quantitative estimate of drug-likeness (QED) is 0.446. The van der Waals surface area contributed by atoms with Gasteiger partial charge in [0.25, 0.3) is 0 Å². The van der Waals surface area contributed by atoms with Crippen molar-refractivity contribution in [2.45, 2.75) is 6.92 Å². The van der Waals surface area contributed by atoms with E-state index in [1.165, 1.54) is 12.3 Å². The van der Waals surface area contributed by atoms with Gasteiger partial charge in [0.15, 0.2) is 0 Å². The zero-order valence-electron chi connectivity index (χ0n) is 11.3. The van der Waals surface area contributed by atoms with Gasteiger partial charge in [0.2, 0.25) is 5.96 Å². The minimum atomic E-state index is -0.964. The van der Waals surface area contributed by atoms with Crippen LogP contribution in [-0.4, -0.2) is 23.2 Å². The number of nitrogens with two attached hydrogens (primary N) is 2. The molecule has 0 amide bonds. The second-order valence-electron chi connectivity index (χ2n) is 4.31. The van der Waals surface area contributed by atoms with Gasteiger partial charge >= 0.3 is 5.97 Å². The van der Waals surface area contributed by atoms with Crippen molar-refractivity contribution >= 4 is 18.1 Å². The van der Waals surface area contributed by atoms with Gasteiger partial charge in [0.1, 0.15) is 11.5 Å². The lowest BCUT2D eigenvalue weighted by Gasteiger charge is -2.03. The molecule has 0 saturated heterocycles. The van der Waals surface area contributed by atoms with Crippen molar-refractivity contribution in [1.82, 2.24) is 0 Å². The topological polar surface area (TPSA) is 127 Å². The van der Waals surface area contributed by atoms with Gasteiger partial charge in [0, 0.05) is 5.56 Å². The summed E-state index contributed by atoms with van der Waals surface area (Å²) in [5.41, 5.74) is 12.1. The maximum absolute atomic E-state index is 10.9. The van der Waals surface area contributed by atoms with Crippen LogP contribution in [0.15, 0.2) is 45.0 Å². The third kappa shape index (κ3) is 3.47. The molecule has 2 rings (SSSR count). The van der Waals surface area contributed by atoms with Crippen molar-refractivity contribution in [2.24, 2.45) is 21.7 Å². The Morgan fingerprint density at radius 1 is 1.29 bits per heavy atom. The van der Waals surface area contributed by atoms with E-state index in [1.807, 2.05) is 6.92 Å². The number of aromatic carboxylic acids is 1. The summed E-state index contributed by atoms with van der Waals surface area (Å²) in [5.74, 6) is -0.0143. The van der Waals surface area contributed by atoms with Crippen molar-refractivity contribution in [3.8, 4) is 11.3 Å². The Hall–Kier alpha value is -3.09. The minimum absolute atomic E-state index is 0.141. The first-order chi connectivity index (χ1) is 9.97. The van der Waals surface area contributed by atoms with Crippen LogP contribution in [0.1, 0.15) is 21.7 Å². The monoisotopic (exact) mass is 286 g/mol. The number of nitrogens with zero attached hydrogens (tertiary/aromatic N) is 2. The molecular formula is C14H14N4O3. The predicted molar refractivity (Wildman–Crippen MR) is 79.2 cm³/mol. The lowest BCUT2D eigenvalue weighted by molar-refractivity contribution is 0.0697. The highest BCUT2D eigenvalue weighted by Gasteiger charge is 2.10. The molecule has 0 bridgehead atoms. The van der Waals surface area contributed by atoms with E-state index in [2.05, 4.69) is 10.2 Å². The first kappa shape index (κ1) is 14.3. The molecule has 108 valence electrons. The number of aryl methyl sites for hydroxylation is 1. The second-order valence-corrected chi connectivity index (χ2v) is 4.31. The normalized spacial score (nSPS) is 10.7. The van der Waals surface area contributed by atoms with Crippen molar-refractivity contribution in [1.29, 1.82) is 0 Å². The average Bonchev–Trinajstić information content (AvgIpc) is 2.86. The van der Waals surface area contributed by atoms with Crippen molar-refractivity contribution in [2.75, 3.05) is 0 Å². The molecule has 1 heterocycles. The van der Waals surface area contributed by atoms with E-state index < -0.39 is 5.97 Å². The van der Waals surface area contributed by atoms with Gasteiger partial charge < -0.3 is 21.0 Å². The molecule has 21 heavy (non-hydrogen) atoms. The fourth-order valence-electron chi connectivity index (χ4n) is 1.79. The molecule has 0 unspecified atom stereocenters. The number of carboxylic acids is 1. The van der Waals surface area contributed by atoms with Crippen molar-refractivity contribution in [3.63, 3.8) is 0 Å². The summed E-state index contributed by atoms with van der Waals surface area (Å²) in [5, 5.41) is 16.1. The third-order valence-corrected chi connectivity index (χ3v) is 2.72. The minimum Gasteiger partial charge on any atom is -0.478 e. The lowest BCUT2D eigenvalue weighted by Crippen LogP contribution is -2.21. The van der Waals surface area contributed by atoms with Gasteiger partial charge in [-0.25, -0.2) is 4.79 Å². The molecular weight excluding hydrogens is 272 g/mol. The molecule has 1 aromatic heterocycles. The first-order valence-electron chi connectivity index (χ1n) is 6.03. The van der Waals surface area contributed by atoms with Crippen LogP contribution < -0.4 is 11.5 Å². The summed E-state index contributed by atoms with van der Waals surface area (Å²) < 4.78 is 5.59. The van der Waals surface area contributed by atoms with E-state index in [-0.39, 0.29) is 11.5 Å². The Bertz CT molecular complexity index is 728. The van der Waals surface area contributed by atoms with Crippen molar-refractivity contribution < 1.29 is 14.3 Å². The summed E-state index contributed by atoms with van der Waals surface area (Å²) in [6.45, 7) is 1.82. The van der Waals surface area contributed by atoms with Crippen LogP contribution in [0.2, 0.25) is 0 Å². The molecule has 0 saturated carbocycles. The second kappa shape index (κ2) is 5.91. The van der Waals surface area contributed by atoms with Crippen LogP contribution in [0.3, 0.4) is 0 Å². The number of carbonyl (C=O) groups is 1. The molecule has 0 spiro atoms. The SMILES string of the molecule is Cc1cc(C(=O)O)ccc1-c1ccc(/C=N\N=C(N)N)o1. The van der Waals surface area contributed by atoms with Crippen LogP contribution in [-0.2, 0) is 0 Å². The Morgan fingerprint density at radius 3 is 2.67 bits per heavy atom. The highest BCUT2D eigenvalue weighted by atomic mass is 16.4. The summed E-state index contributed by atoms with van der Waals surface area (Å²) in [6, 6.07) is 8.30. The van der Waals surface area contributed by atoms with Crippen LogP contribution in [0.4, 0.5) is 0 Å². The maximum Gasteiger partial charge on any atom is 0.335 e. The number of benzene rings is 1. The number of rotatable bonds is 4. The van der Waals surface area contributed by atoms with Gasteiger partial charge in [-0.05, 0) is 36.8 Å². The lowest BCUT2D eigenvalue weighted by atomic mass is 10.0. The van der Waals surface area contributed by atoms with Gasteiger partial charge in [-0.1, -0.05) is 6.07 Å². The smallest absolute Gasteiger partial charge is 0.335 e. The fraction of sp³-hybridized carbons (Fsp3) is 0.0714. The Kier molecular flexibility index (Phi) is 4.03. The maximum atomic E-state index is 10.9. The van der Waals surface area contributed by atoms with Crippen LogP contribution in [0.25, 0.3) is 11.3 Å². The molecule has 0 radical (unpaired) electrons. The zero-order chi connectivity index (χ0) is 15.4. The van der Waals surface area contributed by atoms with E-state index >= 15 is 0 Å². The Morgan fingerprint density at radius 2 is 2.05 bits per heavy atom. The summed E-state index contributed by atoms with van der Waals surface area (Å²) >= 11 is 0. The number of carboxylic acid groups (broad SMARTS) is 1. The fourth-order valence-corrected chi connectivity index (χ4v) is 1.79. The number of hydrogen-bond acceptors (Lipinski definition) is 4. The first-order valence-corrected chi connectivity index (χ1v) is 6.03. The van der Waals surface area contributed by atoms with Gasteiger partial charge in [-0.15, -0.1) is 5.10 Å². The van der Waals surface area contributed by atoms with E-state index in [1.54, 1.807) is 24.3 Å². The summed E-state index contributed by atoms with van der Waals surface area (Å²) in [4.78, 5) is 10.9. The molecule has 1 aromatic carbocycles. The highest BCUT2D eigenvalue weighted by Crippen LogP contribution is 2.26. The highest BCUT2D eigenvalue weighted by molar-refractivity contribution is 5.89. The van der Waals surface area contributed by atoms with E-state index in [9.17, 15) is 4.79 Å². The molecule has 7 heteroatoms. The Balaban J connectivity index is 2.27. The Labute approximate surface area is 120 Å². The molecule has 0 aliphatic rings. The largest absolute Gasteiger partial charge is 0.478 e. The number of furan rings is 1. The van der Waals surface area contributed by atoms with Gasteiger partial charge in [-0.2, -0.15) is 5.10 Å². The van der Waals surface area contributed by atoms with Gasteiger partial charge in [0.05, 0.1) is 11.8 Å². The third-order valence-electron chi connectivity index (χ3n) is 2.72. The van der Waals surface area contributed by atoms with Gasteiger partial charge in [-0.3, -0.25) is 0 Å². The summed E-state index contributed by atoms with van der Waals surface area (Å²) in [7, 11) is 0. The molecule has 0 atom stereocenters. The van der Waals surface area contributed by atoms with Crippen molar-refractivity contribution in [3.05, 3.63) is 47.2 Å². The number of hydrogen-bond donors (Lipinski definition) is 3. The standard InChI is InChI=1S/C14H14N4O3/c1-8-6-9(13(19)20)2-4-11(8)12-5-3-10(21-12)7-17-18-14(15)16/h2-7H,1H3,(H,19,20)(H4,15,16,18)/b17-7-. The number of guanidine groups is 1. The summed E-state index contributed by atoms with van der Waals surface area (Å²) in [6.07, 6.45) is 1.38. The van der Waals surface area contributed by atoms with Crippen LogP contribution in [0, 0.1) is 6.92 Å². The molecule has 0 fully saturated rings. The average molecular weight is 286 g/mol. The van der Waals surface area contributed by atoms with Crippen LogP contribution in [0.5, 0.6) is 0 Å². The molecule has 5 N–H and O–H groups in total. The molecule has 2 aromatic rings. The van der Waals surface area contributed by atoms with E-state index in [0.717, 1.165) is 11.1 Å². The van der Waals surface area contributed by atoms with Crippen LogP contribution >= 0.6 is 0 Å². The zero-order valence-corrected chi connectivity index (χ0v) is 11.3. The molecule has 7 nitrogen and oxygen atoms in total.